The number of rotatable bonds is 3. The van der Waals surface area contributed by atoms with E-state index in [4.69, 9.17) is 16.3 Å². The fraction of sp³-hybridized carbons (Fsp3) is 0.536. The van der Waals surface area contributed by atoms with E-state index in [1.54, 1.807) is 31.2 Å². The van der Waals surface area contributed by atoms with E-state index in [0.29, 0.717) is 30.4 Å². The Morgan fingerprint density at radius 2 is 1.91 bits per heavy atom. The molecule has 7 heteroatoms. The number of ether oxygens (including phenoxy) is 1. The molecule has 1 aromatic rings. The summed E-state index contributed by atoms with van der Waals surface area (Å²) in [6.45, 7) is 5.90. The maximum atomic E-state index is 13.3. The van der Waals surface area contributed by atoms with Crippen molar-refractivity contribution in [1.82, 2.24) is 0 Å². The third-order valence-electron chi connectivity index (χ3n) is 9.72. The lowest BCUT2D eigenvalue weighted by molar-refractivity contribution is -0.177. The maximum Gasteiger partial charge on any atom is 0.353 e. The predicted molar refractivity (Wildman–Crippen MR) is 141 cm³/mol. The number of carboxylic acids is 1. The minimum atomic E-state index is -1.76. The topological polar surface area (TPSA) is 80.7 Å². The maximum absolute atomic E-state index is 13.3. The average Bonchev–Trinajstić information content (AvgIpc) is 3.02. The lowest BCUT2D eigenvalue weighted by atomic mass is 9.45. The average molecular weight is 609 g/mol. The molecule has 1 N–H and O–H groups in total. The predicted octanol–water partition coefficient (Wildman–Crippen LogP) is 6.33. The quantitative estimate of drug-likeness (QED) is 0.188. The van der Waals surface area contributed by atoms with Crippen molar-refractivity contribution in [2.24, 2.45) is 22.7 Å². The molecule has 0 unspecified atom stereocenters. The molecule has 0 amide bonds. The van der Waals surface area contributed by atoms with E-state index in [9.17, 15) is 19.5 Å². The van der Waals surface area contributed by atoms with Gasteiger partial charge in [0.25, 0.3) is 0 Å². The van der Waals surface area contributed by atoms with Crippen LogP contribution in [0.2, 0.25) is 0 Å². The van der Waals surface area contributed by atoms with E-state index in [0.717, 1.165) is 28.4 Å². The SMILES string of the molecule is CC1=C[C@H]2[C@@H]3CCC4=CC(=O)CC[C@]4(C)[C@@]3(Cl)CC[C@]2(C)[C@@]1(OC(=O)c1cccc(I)c1)C(=O)O. The van der Waals surface area contributed by atoms with Gasteiger partial charge in [-0.15, -0.1) is 11.6 Å². The number of carbonyl (C=O) groups excluding carboxylic acids is 2. The van der Waals surface area contributed by atoms with Crippen LogP contribution in [0.15, 0.2) is 47.6 Å². The van der Waals surface area contributed by atoms with Crippen LogP contribution in [0.25, 0.3) is 0 Å². The van der Waals surface area contributed by atoms with Crippen molar-refractivity contribution in [3.63, 3.8) is 0 Å². The number of alkyl halides is 1. The zero-order valence-corrected chi connectivity index (χ0v) is 23.1. The summed E-state index contributed by atoms with van der Waals surface area (Å²) in [4.78, 5) is 37.8. The van der Waals surface area contributed by atoms with Gasteiger partial charge in [-0.3, -0.25) is 4.79 Å². The van der Waals surface area contributed by atoms with Gasteiger partial charge in [0.15, 0.2) is 5.78 Å². The molecule has 0 radical (unpaired) electrons. The summed E-state index contributed by atoms with van der Waals surface area (Å²) in [6, 6.07) is 6.99. The number of aliphatic carboxylic acids is 1. The normalized spacial score (nSPS) is 40.1. The van der Waals surface area contributed by atoms with Crippen molar-refractivity contribution >= 4 is 51.9 Å². The van der Waals surface area contributed by atoms with Crippen LogP contribution in [0.3, 0.4) is 0 Å². The van der Waals surface area contributed by atoms with Crippen LogP contribution in [0.4, 0.5) is 0 Å². The standard InChI is InChI=1S/C28H30ClIO5/c1-16-13-22-21-8-7-18-15-20(31)9-10-25(18,2)27(21,29)12-11-26(22,3)28(16,24(33)34)35-23(32)17-5-4-6-19(30)14-17/h4-6,13-15,21-22H,7-12H2,1-3H3,(H,33,34)/t21-,22-,25-,26-,27+,28-/m0/s1. The molecule has 0 aromatic heterocycles. The van der Waals surface area contributed by atoms with Gasteiger partial charge in [-0.1, -0.05) is 31.6 Å². The van der Waals surface area contributed by atoms with Crippen LogP contribution < -0.4 is 0 Å². The van der Waals surface area contributed by atoms with Crippen molar-refractivity contribution in [3.05, 3.63) is 56.7 Å². The van der Waals surface area contributed by atoms with Gasteiger partial charge in [-0.25, -0.2) is 9.59 Å². The molecule has 1 aromatic carbocycles. The van der Waals surface area contributed by atoms with E-state index in [2.05, 4.69) is 29.5 Å². The van der Waals surface area contributed by atoms with Gasteiger partial charge in [0.2, 0.25) is 5.60 Å². The summed E-state index contributed by atoms with van der Waals surface area (Å²) in [5.74, 6) is -1.73. The lowest BCUT2D eigenvalue weighted by Crippen LogP contribution is -2.65. The Bertz CT molecular complexity index is 1210. The van der Waals surface area contributed by atoms with Crippen LogP contribution in [-0.2, 0) is 14.3 Å². The Balaban J connectivity index is 1.56. The molecule has 5 nitrogen and oxygen atoms in total. The summed E-state index contributed by atoms with van der Waals surface area (Å²) in [6.07, 6.45) is 7.70. The monoisotopic (exact) mass is 608 g/mol. The molecule has 2 fully saturated rings. The fourth-order valence-corrected chi connectivity index (χ4v) is 8.82. The van der Waals surface area contributed by atoms with Gasteiger partial charge in [0.1, 0.15) is 0 Å². The van der Waals surface area contributed by atoms with Gasteiger partial charge in [0, 0.05) is 20.8 Å². The number of benzene rings is 1. The van der Waals surface area contributed by atoms with E-state index < -0.39 is 27.8 Å². The number of carboxylic acid groups (broad SMARTS) is 1. The van der Waals surface area contributed by atoms with Gasteiger partial charge in [-0.2, -0.15) is 0 Å². The Morgan fingerprint density at radius 1 is 1.17 bits per heavy atom. The highest BCUT2D eigenvalue weighted by Crippen LogP contribution is 2.71. The van der Waals surface area contributed by atoms with E-state index >= 15 is 0 Å². The summed E-state index contributed by atoms with van der Waals surface area (Å²) < 4.78 is 6.91. The van der Waals surface area contributed by atoms with E-state index in [-0.39, 0.29) is 23.0 Å². The molecule has 2 saturated carbocycles. The van der Waals surface area contributed by atoms with Crippen molar-refractivity contribution in [1.29, 1.82) is 0 Å². The Hall–Kier alpha value is -1.67. The number of hydrogen-bond donors (Lipinski definition) is 1. The zero-order valence-electron chi connectivity index (χ0n) is 20.2. The first-order chi connectivity index (χ1) is 16.4. The molecule has 0 heterocycles. The largest absolute Gasteiger partial charge is 0.478 e. The van der Waals surface area contributed by atoms with Crippen LogP contribution in [0.1, 0.15) is 69.7 Å². The number of allylic oxidation sites excluding steroid dienone is 3. The van der Waals surface area contributed by atoms with Gasteiger partial charge in [0.05, 0.1) is 10.4 Å². The van der Waals surface area contributed by atoms with Gasteiger partial charge >= 0.3 is 11.9 Å². The Kier molecular flexibility index (Phi) is 5.83. The summed E-state index contributed by atoms with van der Waals surface area (Å²) in [5.41, 5.74) is -0.855. The third kappa shape index (κ3) is 3.27. The first-order valence-electron chi connectivity index (χ1n) is 12.2. The van der Waals surface area contributed by atoms with Crippen molar-refractivity contribution < 1.29 is 24.2 Å². The minimum Gasteiger partial charge on any atom is -0.478 e. The summed E-state index contributed by atoms with van der Waals surface area (Å²) >= 11 is 9.69. The van der Waals surface area contributed by atoms with Crippen molar-refractivity contribution in [2.75, 3.05) is 0 Å². The zero-order chi connectivity index (χ0) is 25.4. The molecule has 4 aliphatic rings. The van der Waals surface area contributed by atoms with Crippen LogP contribution in [-0.4, -0.2) is 33.3 Å². The highest BCUT2D eigenvalue weighted by molar-refractivity contribution is 14.1. The minimum absolute atomic E-state index is 0.0193. The Morgan fingerprint density at radius 3 is 2.60 bits per heavy atom. The number of hydrogen-bond acceptors (Lipinski definition) is 4. The Labute approximate surface area is 224 Å². The van der Waals surface area contributed by atoms with Gasteiger partial charge < -0.3 is 9.84 Å². The van der Waals surface area contributed by atoms with Gasteiger partial charge in [-0.05, 0) is 103 Å². The van der Waals surface area contributed by atoms with Crippen LogP contribution >= 0.6 is 34.2 Å². The second-order valence-electron chi connectivity index (χ2n) is 11.2. The molecule has 186 valence electrons. The molecule has 6 atom stereocenters. The number of halogens is 2. The van der Waals surface area contributed by atoms with E-state index in [1.165, 1.54) is 0 Å². The molecular weight excluding hydrogens is 579 g/mol. The number of fused-ring (bicyclic) bond motifs is 5. The fourth-order valence-electron chi connectivity index (χ4n) is 7.72. The van der Waals surface area contributed by atoms with Crippen LogP contribution in [0, 0.1) is 26.2 Å². The third-order valence-corrected chi connectivity index (χ3v) is 11.3. The molecule has 0 spiro atoms. The number of ketones is 1. The van der Waals surface area contributed by atoms with Crippen LogP contribution in [0.5, 0.6) is 0 Å². The van der Waals surface area contributed by atoms with Crippen molar-refractivity contribution in [2.45, 2.75) is 69.8 Å². The second-order valence-corrected chi connectivity index (χ2v) is 13.1. The highest BCUT2D eigenvalue weighted by Gasteiger charge is 2.72. The summed E-state index contributed by atoms with van der Waals surface area (Å²) in [5, 5.41) is 10.6. The molecule has 35 heavy (non-hydrogen) atoms. The lowest BCUT2D eigenvalue weighted by Gasteiger charge is -2.63. The van der Waals surface area contributed by atoms with E-state index in [1.807, 2.05) is 19.1 Å². The molecule has 0 saturated heterocycles. The first-order valence-corrected chi connectivity index (χ1v) is 13.7. The number of esters is 1. The molecule has 0 bridgehead atoms. The molecular formula is C28H30ClIO5. The molecule has 5 rings (SSSR count). The molecule has 0 aliphatic heterocycles. The molecule has 4 aliphatic carbocycles. The highest BCUT2D eigenvalue weighted by atomic mass is 127. The first kappa shape index (κ1) is 25.0. The number of carbonyl (C=O) groups is 3. The smallest absolute Gasteiger partial charge is 0.353 e. The second kappa shape index (κ2) is 8.17. The van der Waals surface area contributed by atoms with Crippen molar-refractivity contribution in [3.8, 4) is 0 Å². The summed E-state index contributed by atoms with van der Waals surface area (Å²) in [7, 11) is 0.